The van der Waals surface area contributed by atoms with Crippen LogP contribution >= 0.6 is 0 Å². The third kappa shape index (κ3) is 3.14. The minimum Gasteiger partial charge on any atom is -0.494 e. The van der Waals surface area contributed by atoms with E-state index in [0.29, 0.717) is 11.3 Å². The Balaban J connectivity index is 1.91. The summed E-state index contributed by atoms with van der Waals surface area (Å²) in [6, 6.07) is 11.6. The van der Waals surface area contributed by atoms with Crippen molar-refractivity contribution >= 4 is 5.97 Å². The van der Waals surface area contributed by atoms with Gasteiger partial charge in [0.25, 0.3) is 5.56 Å². The van der Waals surface area contributed by atoms with Gasteiger partial charge in [-0.05, 0) is 18.6 Å². The average Bonchev–Trinajstić information content (AvgIpc) is 3.09. The van der Waals surface area contributed by atoms with Crippen LogP contribution in [0.4, 0.5) is 0 Å². The van der Waals surface area contributed by atoms with Crippen LogP contribution in [0, 0.1) is 0 Å². The molecule has 2 atom stereocenters. The smallest absolute Gasteiger partial charge is 0.343 e. The second kappa shape index (κ2) is 7.67. The number of methoxy groups -OCH3 is 2. The Kier molecular flexibility index (Phi) is 5.02. The van der Waals surface area contributed by atoms with E-state index >= 15 is 0 Å². The molecule has 2 aromatic carbocycles. The largest absolute Gasteiger partial charge is 0.494 e. The number of aromatic hydroxyl groups is 1. The lowest BCUT2D eigenvalue weighted by Gasteiger charge is -2.20. The SMILES string of the molecule is COc1ccc2c(c1OC)C(=O)OC2c1c(O)n(C(C)c2ccccc2)c(=O)[nH]c1=O. The molecule has 31 heavy (non-hydrogen) atoms. The summed E-state index contributed by atoms with van der Waals surface area (Å²) in [7, 11) is 2.81. The number of hydrogen-bond donors (Lipinski definition) is 2. The normalized spacial score (nSPS) is 15.8. The van der Waals surface area contributed by atoms with Crippen molar-refractivity contribution in [1.82, 2.24) is 9.55 Å². The highest BCUT2D eigenvalue weighted by Crippen LogP contribution is 2.45. The van der Waals surface area contributed by atoms with E-state index < -0.39 is 35.2 Å². The molecule has 4 rings (SSSR count). The van der Waals surface area contributed by atoms with Crippen LogP contribution < -0.4 is 20.7 Å². The van der Waals surface area contributed by atoms with Gasteiger partial charge in [-0.3, -0.25) is 14.3 Å². The lowest BCUT2D eigenvalue weighted by atomic mass is 9.99. The van der Waals surface area contributed by atoms with Crippen molar-refractivity contribution in [3.05, 3.63) is 85.6 Å². The highest BCUT2D eigenvalue weighted by atomic mass is 16.6. The number of hydrogen-bond acceptors (Lipinski definition) is 7. The molecule has 0 bridgehead atoms. The Morgan fingerprint density at radius 2 is 1.77 bits per heavy atom. The zero-order valence-electron chi connectivity index (χ0n) is 17.0. The minimum atomic E-state index is -1.22. The van der Waals surface area contributed by atoms with E-state index in [9.17, 15) is 19.5 Å². The molecule has 0 saturated carbocycles. The van der Waals surface area contributed by atoms with Gasteiger partial charge in [-0.2, -0.15) is 0 Å². The molecule has 0 saturated heterocycles. The van der Waals surface area contributed by atoms with E-state index in [0.717, 1.165) is 10.1 Å². The fourth-order valence-corrected chi connectivity index (χ4v) is 3.84. The van der Waals surface area contributed by atoms with Crippen molar-refractivity contribution in [3.63, 3.8) is 0 Å². The zero-order valence-corrected chi connectivity index (χ0v) is 17.0. The number of aromatic amines is 1. The second-order valence-electron chi connectivity index (χ2n) is 7.00. The van der Waals surface area contributed by atoms with Crippen molar-refractivity contribution in [2.75, 3.05) is 14.2 Å². The van der Waals surface area contributed by atoms with Crippen molar-refractivity contribution in [2.24, 2.45) is 0 Å². The highest BCUT2D eigenvalue weighted by molar-refractivity contribution is 5.98. The monoisotopic (exact) mass is 424 g/mol. The maximum atomic E-state index is 12.7. The first-order chi connectivity index (χ1) is 14.9. The van der Waals surface area contributed by atoms with E-state index in [1.165, 1.54) is 14.2 Å². The molecule has 2 unspecified atom stereocenters. The number of ether oxygens (including phenoxy) is 3. The van der Waals surface area contributed by atoms with Gasteiger partial charge < -0.3 is 19.3 Å². The van der Waals surface area contributed by atoms with Crippen LogP contribution in [0.25, 0.3) is 0 Å². The molecular weight excluding hydrogens is 404 g/mol. The molecule has 0 radical (unpaired) electrons. The number of carbonyl (C=O) groups is 1. The van der Waals surface area contributed by atoms with E-state index in [-0.39, 0.29) is 16.9 Å². The van der Waals surface area contributed by atoms with Crippen LogP contribution in [-0.2, 0) is 4.74 Å². The lowest BCUT2D eigenvalue weighted by molar-refractivity contribution is 0.0446. The Hall–Kier alpha value is -4.01. The first-order valence-electron chi connectivity index (χ1n) is 9.47. The molecule has 3 aromatic rings. The van der Waals surface area contributed by atoms with Crippen LogP contribution in [0.1, 0.15) is 46.1 Å². The van der Waals surface area contributed by atoms with Gasteiger partial charge in [-0.25, -0.2) is 9.59 Å². The first kappa shape index (κ1) is 20.3. The number of nitrogens with zero attached hydrogens (tertiary/aromatic N) is 1. The Morgan fingerprint density at radius 1 is 1.06 bits per heavy atom. The molecular formula is C22H20N2O7. The summed E-state index contributed by atoms with van der Waals surface area (Å²) in [4.78, 5) is 40.0. The highest BCUT2D eigenvalue weighted by Gasteiger charge is 2.40. The summed E-state index contributed by atoms with van der Waals surface area (Å²) in [6.07, 6.45) is -1.22. The third-order valence-electron chi connectivity index (χ3n) is 5.37. The number of fused-ring (bicyclic) bond motifs is 1. The Labute approximate surface area is 176 Å². The maximum Gasteiger partial charge on any atom is 0.343 e. The van der Waals surface area contributed by atoms with Crippen molar-refractivity contribution in [1.29, 1.82) is 0 Å². The summed E-state index contributed by atoms with van der Waals surface area (Å²) in [5.41, 5.74) is -0.714. The molecule has 1 aliphatic rings. The van der Waals surface area contributed by atoms with Gasteiger partial charge >= 0.3 is 11.7 Å². The standard InChI is InChI=1S/C22H20N2O7/c1-11(12-7-5-4-6-8-12)24-20(26)16(19(25)23-22(24)28)17-13-9-10-14(29-2)18(30-3)15(13)21(27)31-17/h4-11,17,26H,1-3H3,(H,23,25,28). The summed E-state index contributed by atoms with van der Waals surface area (Å²) >= 11 is 0. The first-order valence-corrected chi connectivity index (χ1v) is 9.47. The Bertz CT molecular complexity index is 1280. The number of nitrogens with one attached hydrogen (secondary N) is 1. The number of cyclic esters (lactones) is 1. The van der Waals surface area contributed by atoms with Gasteiger partial charge in [-0.1, -0.05) is 36.4 Å². The molecule has 1 aliphatic heterocycles. The number of carbonyl (C=O) groups excluding carboxylic acids is 1. The average molecular weight is 424 g/mol. The number of esters is 1. The quantitative estimate of drug-likeness (QED) is 0.602. The molecule has 0 spiro atoms. The van der Waals surface area contributed by atoms with Crippen LogP contribution in [0.15, 0.2) is 52.1 Å². The van der Waals surface area contributed by atoms with Gasteiger partial charge in [0, 0.05) is 5.56 Å². The number of aromatic nitrogens is 2. The van der Waals surface area contributed by atoms with Crippen LogP contribution in [0.5, 0.6) is 17.4 Å². The number of rotatable bonds is 5. The van der Waals surface area contributed by atoms with E-state index in [2.05, 4.69) is 4.98 Å². The van der Waals surface area contributed by atoms with E-state index in [4.69, 9.17) is 14.2 Å². The Morgan fingerprint density at radius 3 is 2.42 bits per heavy atom. The predicted molar refractivity (Wildman–Crippen MR) is 110 cm³/mol. The predicted octanol–water partition coefficient (Wildman–Crippen LogP) is 2.13. The van der Waals surface area contributed by atoms with Crippen molar-refractivity contribution in [2.45, 2.75) is 19.1 Å². The van der Waals surface area contributed by atoms with Gasteiger partial charge in [0.2, 0.25) is 5.88 Å². The molecule has 0 amide bonds. The van der Waals surface area contributed by atoms with Crippen molar-refractivity contribution in [3.8, 4) is 17.4 Å². The molecule has 9 heteroatoms. The zero-order chi connectivity index (χ0) is 22.3. The number of benzene rings is 2. The van der Waals surface area contributed by atoms with E-state index in [1.54, 1.807) is 43.3 Å². The van der Waals surface area contributed by atoms with Gasteiger partial charge in [-0.15, -0.1) is 0 Å². The van der Waals surface area contributed by atoms with Crippen LogP contribution in [-0.4, -0.2) is 34.8 Å². The van der Waals surface area contributed by atoms with Crippen LogP contribution in [0.3, 0.4) is 0 Å². The number of H-pyrrole nitrogens is 1. The van der Waals surface area contributed by atoms with Crippen LogP contribution in [0.2, 0.25) is 0 Å². The molecule has 2 heterocycles. The second-order valence-corrected chi connectivity index (χ2v) is 7.00. The molecule has 160 valence electrons. The molecule has 9 nitrogen and oxygen atoms in total. The van der Waals surface area contributed by atoms with E-state index in [1.807, 2.05) is 6.07 Å². The molecule has 0 aliphatic carbocycles. The maximum absolute atomic E-state index is 12.7. The van der Waals surface area contributed by atoms with Gasteiger partial charge in [0.05, 0.1) is 20.3 Å². The molecule has 0 fully saturated rings. The fraction of sp³-hybridized carbons (Fsp3) is 0.227. The summed E-state index contributed by atoms with van der Waals surface area (Å²) in [6.45, 7) is 1.71. The van der Waals surface area contributed by atoms with Gasteiger partial charge in [0.15, 0.2) is 17.6 Å². The topological polar surface area (TPSA) is 120 Å². The third-order valence-corrected chi connectivity index (χ3v) is 5.37. The molecule has 2 N–H and O–H groups in total. The lowest BCUT2D eigenvalue weighted by Crippen LogP contribution is -2.35. The fourth-order valence-electron chi connectivity index (χ4n) is 3.84. The molecule has 1 aromatic heterocycles. The van der Waals surface area contributed by atoms with Crippen molar-refractivity contribution < 1.29 is 24.1 Å². The minimum absolute atomic E-state index is 0.0968. The summed E-state index contributed by atoms with van der Waals surface area (Å²) in [5.74, 6) is -0.831. The summed E-state index contributed by atoms with van der Waals surface area (Å²) in [5, 5.41) is 11.0. The van der Waals surface area contributed by atoms with Gasteiger partial charge in [0.1, 0.15) is 11.1 Å². The summed E-state index contributed by atoms with van der Waals surface area (Å²) < 4.78 is 17.0.